The summed E-state index contributed by atoms with van der Waals surface area (Å²) in [4.78, 5) is 26.5. The van der Waals surface area contributed by atoms with Crippen LogP contribution in [0.3, 0.4) is 0 Å². The SMILES string of the molecule is CCC(CC)C(CNC(=O)c1ccc2c(c1)OCC(=O)N2)N1CCOCC1. The molecule has 7 nitrogen and oxygen atoms in total. The van der Waals surface area contributed by atoms with Gasteiger partial charge in [-0.25, -0.2) is 0 Å². The molecule has 0 spiro atoms. The molecule has 2 aliphatic rings. The van der Waals surface area contributed by atoms with Crippen LogP contribution >= 0.6 is 0 Å². The summed E-state index contributed by atoms with van der Waals surface area (Å²) < 4.78 is 10.9. The Kier molecular flexibility index (Phi) is 6.68. The van der Waals surface area contributed by atoms with Crippen LogP contribution in [0.15, 0.2) is 18.2 Å². The first-order chi connectivity index (χ1) is 13.1. The lowest BCUT2D eigenvalue weighted by molar-refractivity contribution is -0.118. The van der Waals surface area contributed by atoms with Gasteiger partial charge >= 0.3 is 0 Å². The molecule has 148 valence electrons. The minimum atomic E-state index is -0.182. The van der Waals surface area contributed by atoms with Gasteiger partial charge in [-0.15, -0.1) is 0 Å². The highest BCUT2D eigenvalue weighted by atomic mass is 16.5. The maximum absolute atomic E-state index is 12.7. The zero-order valence-corrected chi connectivity index (χ0v) is 16.1. The summed E-state index contributed by atoms with van der Waals surface area (Å²) in [5, 5.41) is 5.83. The van der Waals surface area contributed by atoms with Crippen LogP contribution in [0, 0.1) is 5.92 Å². The molecule has 27 heavy (non-hydrogen) atoms. The fourth-order valence-corrected chi connectivity index (χ4v) is 3.85. The maximum Gasteiger partial charge on any atom is 0.262 e. The number of rotatable bonds is 7. The van der Waals surface area contributed by atoms with E-state index < -0.39 is 0 Å². The summed E-state index contributed by atoms with van der Waals surface area (Å²) in [6, 6.07) is 5.41. The number of carbonyl (C=O) groups is 2. The van der Waals surface area contributed by atoms with Crippen molar-refractivity contribution in [2.24, 2.45) is 5.92 Å². The van der Waals surface area contributed by atoms with Crippen LogP contribution in [0.4, 0.5) is 5.69 Å². The Morgan fingerprint density at radius 3 is 2.70 bits per heavy atom. The molecule has 2 N–H and O–H groups in total. The Labute approximate surface area is 160 Å². The Balaban J connectivity index is 1.65. The van der Waals surface area contributed by atoms with Crippen LogP contribution in [0.5, 0.6) is 5.75 Å². The molecule has 1 atom stereocenters. The number of carbonyl (C=O) groups excluding carboxylic acids is 2. The van der Waals surface area contributed by atoms with Gasteiger partial charge in [-0.2, -0.15) is 0 Å². The number of amides is 2. The second-order valence-corrected chi connectivity index (χ2v) is 7.05. The molecule has 2 heterocycles. The van der Waals surface area contributed by atoms with Gasteiger partial charge in [0.15, 0.2) is 6.61 Å². The Bertz CT molecular complexity index is 669. The van der Waals surface area contributed by atoms with E-state index in [0.717, 1.165) is 39.1 Å². The molecule has 2 amide bonds. The van der Waals surface area contributed by atoms with Crippen LogP contribution in [0.1, 0.15) is 37.0 Å². The molecule has 1 aromatic rings. The van der Waals surface area contributed by atoms with Crippen LogP contribution in [-0.2, 0) is 9.53 Å². The molecule has 0 radical (unpaired) electrons. The number of morpholine rings is 1. The van der Waals surface area contributed by atoms with E-state index >= 15 is 0 Å². The topological polar surface area (TPSA) is 79.9 Å². The smallest absolute Gasteiger partial charge is 0.262 e. The zero-order valence-electron chi connectivity index (χ0n) is 16.1. The fraction of sp³-hybridized carbons (Fsp3) is 0.600. The first-order valence-corrected chi connectivity index (χ1v) is 9.79. The van der Waals surface area contributed by atoms with E-state index in [9.17, 15) is 9.59 Å². The van der Waals surface area contributed by atoms with Gasteiger partial charge in [0.05, 0.1) is 18.9 Å². The number of hydrogen-bond acceptors (Lipinski definition) is 5. The second-order valence-electron chi connectivity index (χ2n) is 7.05. The molecule has 3 rings (SSSR count). The van der Waals surface area contributed by atoms with Crippen molar-refractivity contribution in [3.8, 4) is 5.75 Å². The Morgan fingerprint density at radius 1 is 1.26 bits per heavy atom. The van der Waals surface area contributed by atoms with Gasteiger partial charge in [0.2, 0.25) is 0 Å². The summed E-state index contributed by atoms with van der Waals surface area (Å²) in [5.74, 6) is 0.762. The number of benzene rings is 1. The maximum atomic E-state index is 12.7. The third kappa shape index (κ3) is 4.78. The van der Waals surface area contributed by atoms with Crippen molar-refractivity contribution in [2.45, 2.75) is 32.7 Å². The summed E-state index contributed by atoms with van der Waals surface area (Å²) in [6.45, 7) is 8.31. The van der Waals surface area contributed by atoms with Crippen LogP contribution < -0.4 is 15.4 Å². The molecular formula is C20H29N3O4. The highest BCUT2D eigenvalue weighted by molar-refractivity contribution is 5.98. The minimum Gasteiger partial charge on any atom is -0.482 e. The Hall–Kier alpha value is -2.12. The number of fused-ring (bicyclic) bond motifs is 1. The highest BCUT2D eigenvalue weighted by Crippen LogP contribution is 2.28. The van der Waals surface area contributed by atoms with Gasteiger partial charge in [-0.05, 0) is 24.1 Å². The lowest BCUT2D eigenvalue weighted by atomic mass is 9.92. The molecule has 1 saturated heterocycles. The Morgan fingerprint density at radius 2 is 2.00 bits per heavy atom. The summed E-state index contributed by atoms with van der Waals surface area (Å²) in [5.41, 5.74) is 1.14. The second kappa shape index (κ2) is 9.19. The standard InChI is InChI=1S/C20H29N3O4/c1-3-14(4-2)17(23-7-9-26-10-8-23)12-21-20(25)15-5-6-16-18(11-15)27-13-19(24)22-16/h5-6,11,14,17H,3-4,7-10,12-13H2,1-2H3,(H,21,25)(H,22,24). The van der Waals surface area contributed by atoms with E-state index in [1.807, 2.05) is 0 Å². The van der Waals surface area contributed by atoms with E-state index in [2.05, 4.69) is 29.4 Å². The average Bonchev–Trinajstić information content (AvgIpc) is 2.71. The van der Waals surface area contributed by atoms with Crippen molar-refractivity contribution >= 4 is 17.5 Å². The first kappa shape index (κ1) is 19.6. The lowest BCUT2D eigenvalue weighted by Crippen LogP contribution is -2.52. The van der Waals surface area contributed by atoms with Gasteiger partial charge in [-0.3, -0.25) is 14.5 Å². The number of ether oxygens (including phenoxy) is 2. The first-order valence-electron chi connectivity index (χ1n) is 9.79. The predicted octanol–water partition coefficient (Wildman–Crippen LogP) is 1.88. The fourth-order valence-electron chi connectivity index (χ4n) is 3.85. The van der Waals surface area contributed by atoms with Crippen molar-refractivity contribution in [2.75, 3.05) is 44.8 Å². The predicted molar refractivity (Wildman–Crippen MR) is 103 cm³/mol. The van der Waals surface area contributed by atoms with Crippen LogP contribution in [0.2, 0.25) is 0 Å². The van der Waals surface area contributed by atoms with Crippen molar-refractivity contribution < 1.29 is 19.1 Å². The zero-order chi connectivity index (χ0) is 19.2. The molecule has 0 bridgehead atoms. The van der Waals surface area contributed by atoms with Crippen molar-refractivity contribution in [3.63, 3.8) is 0 Å². The molecule has 0 aromatic heterocycles. The minimum absolute atomic E-state index is 0.0220. The van der Waals surface area contributed by atoms with E-state index in [4.69, 9.17) is 9.47 Å². The van der Waals surface area contributed by atoms with Gasteiger partial charge in [0.25, 0.3) is 11.8 Å². The molecule has 2 aliphatic heterocycles. The van der Waals surface area contributed by atoms with Gasteiger partial charge < -0.3 is 20.1 Å². The van der Waals surface area contributed by atoms with Crippen LogP contribution in [0.25, 0.3) is 0 Å². The average molecular weight is 375 g/mol. The molecule has 1 unspecified atom stereocenters. The summed E-state index contributed by atoms with van der Waals surface area (Å²) in [7, 11) is 0. The molecule has 7 heteroatoms. The van der Waals surface area contributed by atoms with Crippen LogP contribution in [-0.4, -0.2) is 62.2 Å². The van der Waals surface area contributed by atoms with Crippen molar-refractivity contribution in [3.05, 3.63) is 23.8 Å². The highest BCUT2D eigenvalue weighted by Gasteiger charge is 2.27. The molecular weight excluding hydrogens is 346 g/mol. The molecule has 1 aromatic carbocycles. The van der Waals surface area contributed by atoms with E-state index in [-0.39, 0.29) is 18.4 Å². The lowest BCUT2D eigenvalue weighted by Gasteiger charge is -2.38. The van der Waals surface area contributed by atoms with E-state index in [1.54, 1.807) is 18.2 Å². The third-order valence-electron chi connectivity index (χ3n) is 5.46. The normalized spacial score (nSPS) is 18.4. The third-order valence-corrected chi connectivity index (χ3v) is 5.46. The summed E-state index contributed by atoms with van der Waals surface area (Å²) in [6.07, 6.45) is 2.17. The van der Waals surface area contributed by atoms with Crippen molar-refractivity contribution in [1.82, 2.24) is 10.2 Å². The molecule has 0 saturated carbocycles. The van der Waals surface area contributed by atoms with Crippen molar-refractivity contribution in [1.29, 1.82) is 0 Å². The van der Waals surface area contributed by atoms with Gasteiger partial charge in [-0.1, -0.05) is 26.7 Å². The molecule has 0 aliphatic carbocycles. The number of hydrogen-bond donors (Lipinski definition) is 2. The van der Waals surface area contributed by atoms with Gasteiger partial charge in [0.1, 0.15) is 5.75 Å². The largest absolute Gasteiger partial charge is 0.482 e. The summed E-state index contributed by atoms with van der Waals surface area (Å²) >= 11 is 0. The monoisotopic (exact) mass is 375 g/mol. The number of nitrogens with zero attached hydrogens (tertiary/aromatic N) is 1. The van der Waals surface area contributed by atoms with E-state index in [1.165, 1.54) is 0 Å². The number of nitrogens with one attached hydrogen (secondary N) is 2. The number of anilines is 1. The van der Waals surface area contributed by atoms with E-state index in [0.29, 0.717) is 35.5 Å². The van der Waals surface area contributed by atoms with Gasteiger partial charge in [0, 0.05) is 31.2 Å². The quantitative estimate of drug-likeness (QED) is 0.761. The molecule has 1 fully saturated rings.